The first-order valence-electron chi connectivity index (χ1n) is 11.5. The molecule has 1 unspecified atom stereocenters. The van der Waals surface area contributed by atoms with Gasteiger partial charge < -0.3 is 18.9 Å². The Labute approximate surface area is 234 Å². The van der Waals surface area contributed by atoms with Crippen LogP contribution in [0, 0.1) is 5.82 Å². The van der Waals surface area contributed by atoms with Crippen molar-refractivity contribution in [2.75, 3.05) is 13.7 Å². The van der Waals surface area contributed by atoms with Crippen molar-refractivity contribution in [2.45, 2.75) is 32.2 Å². The molecule has 0 bridgehead atoms. The SMILES string of the molecule is CCCCOC(=O)C(OC)Oc1cc(Cl)ccc1Oc1cc(-n2c(=O)cc(C(F)(F)F)n(C)c2=O)c(F)cc1Cl. The Balaban J connectivity index is 2.04. The molecule has 1 atom stereocenters. The first-order valence-corrected chi connectivity index (χ1v) is 12.3. The minimum Gasteiger partial charge on any atom is -0.461 e. The van der Waals surface area contributed by atoms with Crippen LogP contribution in [0.1, 0.15) is 25.5 Å². The summed E-state index contributed by atoms with van der Waals surface area (Å²) in [5.74, 6) is -2.59. The van der Waals surface area contributed by atoms with E-state index in [1.807, 2.05) is 6.92 Å². The Morgan fingerprint density at radius 1 is 1.05 bits per heavy atom. The van der Waals surface area contributed by atoms with Crippen LogP contribution in [0.2, 0.25) is 10.0 Å². The number of carbonyl (C=O) groups is 1. The van der Waals surface area contributed by atoms with Gasteiger partial charge in [0.15, 0.2) is 11.5 Å². The highest BCUT2D eigenvalue weighted by atomic mass is 35.5. The van der Waals surface area contributed by atoms with Crippen molar-refractivity contribution in [3.05, 3.63) is 78.8 Å². The minimum atomic E-state index is -5.01. The number of alkyl halides is 3. The predicted octanol–water partition coefficient (Wildman–Crippen LogP) is 5.49. The number of hydrogen-bond donors (Lipinski definition) is 0. The van der Waals surface area contributed by atoms with Gasteiger partial charge in [0.1, 0.15) is 17.3 Å². The number of hydrogen-bond acceptors (Lipinski definition) is 7. The highest BCUT2D eigenvalue weighted by Crippen LogP contribution is 2.39. The van der Waals surface area contributed by atoms with E-state index in [-0.39, 0.29) is 49.1 Å². The Kier molecular flexibility index (Phi) is 9.87. The molecule has 15 heteroatoms. The number of rotatable bonds is 10. The summed E-state index contributed by atoms with van der Waals surface area (Å²) >= 11 is 12.2. The van der Waals surface area contributed by atoms with E-state index in [2.05, 4.69) is 0 Å². The first-order chi connectivity index (χ1) is 18.8. The molecule has 0 N–H and O–H groups in total. The number of ether oxygens (including phenoxy) is 4. The zero-order valence-electron chi connectivity index (χ0n) is 21.2. The number of carbonyl (C=O) groups excluding carboxylic acids is 1. The largest absolute Gasteiger partial charge is 0.461 e. The predicted molar refractivity (Wildman–Crippen MR) is 136 cm³/mol. The van der Waals surface area contributed by atoms with Gasteiger partial charge in [-0.3, -0.25) is 9.36 Å². The lowest BCUT2D eigenvalue weighted by Crippen LogP contribution is -2.41. The van der Waals surface area contributed by atoms with Gasteiger partial charge in [-0.05, 0) is 24.6 Å². The number of aromatic nitrogens is 2. The van der Waals surface area contributed by atoms with E-state index in [1.54, 1.807) is 0 Å². The Hall–Kier alpha value is -3.55. The second-order valence-corrected chi connectivity index (χ2v) is 9.02. The van der Waals surface area contributed by atoms with Crippen molar-refractivity contribution in [1.82, 2.24) is 9.13 Å². The average Bonchev–Trinajstić information content (AvgIpc) is 2.87. The van der Waals surface area contributed by atoms with Gasteiger partial charge in [0.05, 0.1) is 17.3 Å². The molecule has 1 aromatic heterocycles. The fourth-order valence-electron chi connectivity index (χ4n) is 3.36. The van der Waals surface area contributed by atoms with Gasteiger partial charge in [0.25, 0.3) is 11.8 Å². The smallest absolute Gasteiger partial charge is 0.431 e. The van der Waals surface area contributed by atoms with Crippen LogP contribution in [-0.4, -0.2) is 35.1 Å². The Morgan fingerprint density at radius 3 is 2.38 bits per heavy atom. The summed E-state index contributed by atoms with van der Waals surface area (Å²) in [6, 6.07) is 5.69. The summed E-state index contributed by atoms with van der Waals surface area (Å²) in [5, 5.41) is -0.163. The van der Waals surface area contributed by atoms with Crippen LogP contribution < -0.4 is 20.7 Å². The van der Waals surface area contributed by atoms with E-state index < -0.39 is 46.9 Å². The van der Waals surface area contributed by atoms with Gasteiger partial charge in [0, 0.05) is 37.4 Å². The Bertz CT molecular complexity index is 1520. The van der Waals surface area contributed by atoms with Gasteiger partial charge in [-0.2, -0.15) is 13.2 Å². The van der Waals surface area contributed by atoms with Gasteiger partial charge >= 0.3 is 17.8 Å². The zero-order valence-corrected chi connectivity index (χ0v) is 22.7. The molecular weight excluding hydrogens is 587 g/mol. The number of unbranched alkanes of at least 4 members (excludes halogenated alkanes) is 1. The lowest BCUT2D eigenvalue weighted by molar-refractivity contribution is -0.173. The standard InChI is InChI=1S/C25H22Cl2F4N2O7/c1-4-5-8-38-22(35)23(37-3)40-19-9-13(26)6-7-17(19)39-18-11-16(15(28)10-14(18)27)33-21(34)12-20(25(29,30)31)32(2)24(33)36/h6-7,9-12,23H,4-5,8H2,1-3H3. The van der Waals surface area contributed by atoms with Crippen molar-refractivity contribution >= 4 is 29.2 Å². The van der Waals surface area contributed by atoms with Crippen LogP contribution in [-0.2, 0) is 27.5 Å². The molecule has 0 radical (unpaired) electrons. The van der Waals surface area contributed by atoms with E-state index >= 15 is 0 Å². The summed E-state index contributed by atoms with van der Waals surface area (Å²) in [6.07, 6.45) is -5.13. The maximum Gasteiger partial charge on any atom is 0.431 e. The third-order valence-electron chi connectivity index (χ3n) is 5.36. The van der Waals surface area contributed by atoms with Crippen molar-refractivity contribution in [2.24, 2.45) is 7.05 Å². The Morgan fingerprint density at radius 2 is 1.75 bits per heavy atom. The molecule has 0 saturated heterocycles. The summed E-state index contributed by atoms with van der Waals surface area (Å²) in [4.78, 5) is 37.5. The molecule has 216 valence electrons. The number of esters is 1. The average molecular weight is 609 g/mol. The molecular formula is C25H22Cl2F4N2O7. The van der Waals surface area contributed by atoms with Crippen LogP contribution in [0.25, 0.3) is 5.69 Å². The summed E-state index contributed by atoms with van der Waals surface area (Å²) in [7, 11) is 1.98. The number of halogens is 6. The molecule has 3 aromatic rings. The van der Waals surface area contributed by atoms with Gasteiger partial charge in [-0.25, -0.2) is 18.5 Å². The summed E-state index contributed by atoms with van der Waals surface area (Å²) in [5.41, 5.74) is -5.16. The van der Waals surface area contributed by atoms with Crippen LogP contribution in [0.15, 0.2) is 46.0 Å². The second-order valence-electron chi connectivity index (χ2n) is 8.18. The van der Waals surface area contributed by atoms with Crippen molar-refractivity contribution < 1.29 is 41.3 Å². The number of benzene rings is 2. The molecule has 0 spiro atoms. The molecule has 0 fully saturated rings. The third-order valence-corrected chi connectivity index (χ3v) is 5.89. The van der Waals surface area contributed by atoms with E-state index in [4.69, 9.17) is 42.1 Å². The third kappa shape index (κ3) is 6.95. The molecule has 40 heavy (non-hydrogen) atoms. The van der Waals surface area contributed by atoms with Crippen molar-refractivity contribution in [3.63, 3.8) is 0 Å². The van der Waals surface area contributed by atoms with Crippen LogP contribution in [0.5, 0.6) is 17.2 Å². The van der Waals surface area contributed by atoms with Crippen LogP contribution >= 0.6 is 23.2 Å². The maximum absolute atomic E-state index is 14.9. The highest BCUT2D eigenvalue weighted by molar-refractivity contribution is 6.32. The fourth-order valence-corrected chi connectivity index (χ4v) is 3.71. The van der Waals surface area contributed by atoms with Crippen molar-refractivity contribution in [3.8, 4) is 22.9 Å². The minimum absolute atomic E-state index is 0.111. The van der Waals surface area contributed by atoms with E-state index in [9.17, 15) is 31.9 Å². The maximum atomic E-state index is 14.9. The van der Waals surface area contributed by atoms with E-state index in [1.165, 1.54) is 25.3 Å². The molecule has 0 amide bonds. The lowest BCUT2D eigenvalue weighted by atomic mass is 10.2. The zero-order chi connectivity index (χ0) is 29.8. The van der Waals surface area contributed by atoms with Gasteiger partial charge in [-0.1, -0.05) is 36.5 Å². The molecule has 0 saturated carbocycles. The lowest BCUT2D eigenvalue weighted by Gasteiger charge is -2.19. The van der Waals surface area contributed by atoms with E-state index in [0.29, 0.717) is 12.5 Å². The normalized spacial score (nSPS) is 12.2. The summed E-state index contributed by atoms with van der Waals surface area (Å²) in [6.45, 7) is 2.04. The highest BCUT2D eigenvalue weighted by Gasteiger charge is 2.35. The van der Waals surface area contributed by atoms with E-state index in [0.717, 1.165) is 19.5 Å². The fraction of sp³-hybridized carbons (Fsp3) is 0.320. The first kappa shape index (κ1) is 31.0. The molecule has 9 nitrogen and oxygen atoms in total. The molecule has 3 rings (SSSR count). The van der Waals surface area contributed by atoms with Crippen molar-refractivity contribution in [1.29, 1.82) is 0 Å². The molecule has 0 aliphatic heterocycles. The molecule has 1 heterocycles. The number of methoxy groups -OCH3 is 1. The molecule has 0 aliphatic carbocycles. The number of nitrogens with zero attached hydrogens (tertiary/aromatic N) is 2. The van der Waals surface area contributed by atoms with Crippen LogP contribution in [0.4, 0.5) is 17.6 Å². The topological polar surface area (TPSA) is 98.0 Å². The monoisotopic (exact) mass is 608 g/mol. The molecule has 2 aromatic carbocycles. The van der Waals surface area contributed by atoms with Gasteiger partial charge in [-0.15, -0.1) is 0 Å². The quantitative estimate of drug-likeness (QED) is 0.130. The summed E-state index contributed by atoms with van der Waals surface area (Å²) < 4.78 is 76.3. The molecule has 0 aliphatic rings. The van der Waals surface area contributed by atoms with Crippen LogP contribution in [0.3, 0.4) is 0 Å². The van der Waals surface area contributed by atoms with Gasteiger partial charge in [0.2, 0.25) is 0 Å². The second kappa shape index (κ2) is 12.7.